The highest BCUT2D eigenvalue weighted by Gasteiger charge is 2.25. The maximum Gasteiger partial charge on any atom is 0.131 e. The first-order valence-electron chi connectivity index (χ1n) is 6.73. The molecular weight excluding hydrogens is 264 g/mol. The Labute approximate surface area is 118 Å². The first kappa shape index (κ1) is 17.0. The zero-order valence-electron chi connectivity index (χ0n) is 12.2. The molecule has 1 rings (SSSR count). The van der Waals surface area contributed by atoms with E-state index in [2.05, 4.69) is 5.32 Å². The molecule has 0 saturated heterocycles. The summed E-state index contributed by atoms with van der Waals surface area (Å²) in [4.78, 5) is 0. The van der Waals surface area contributed by atoms with Gasteiger partial charge in [0.15, 0.2) is 0 Å². The Morgan fingerprint density at radius 1 is 1.25 bits per heavy atom. The van der Waals surface area contributed by atoms with Gasteiger partial charge in [0.1, 0.15) is 11.6 Å². The molecule has 0 heterocycles. The van der Waals surface area contributed by atoms with E-state index in [-0.39, 0.29) is 30.2 Å². The summed E-state index contributed by atoms with van der Waals surface area (Å²) in [7, 11) is 0. The molecule has 0 aliphatic heterocycles. The molecule has 114 valence electrons. The van der Waals surface area contributed by atoms with Gasteiger partial charge in [-0.3, -0.25) is 0 Å². The van der Waals surface area contributed by atoms with Crippen LogP contribution in [0.4, 0.5) is 8.78 Å². The van der Waals surface area contributed by atoms with Crippen molar-refractivity contribution in [3.05, 3.63) is 35.4 Å². The summed E-state index contributed by atoms with van der Waals surface area (Å²) < 4.78 is 26.4. The lowest BCUT2D eigenvalue weighted by atomic mass is 9.85. The van der Waals surface area contributed by atoms with E-state index in [0.717, 1.165) is 12.1 Å². The summed E-state index contributed by atoms with van der Waals surface area (Å²) >= 11 is 0. The molecule has 0 aliphatic carbocycles. The molecule has 0 fully saturated rings. The summed E-state index contributed by atoms with van der Waals surface area (Å²) in [5, 5.41) is 22.2. The van der Waals surface area contributed by atoms with E-state index in [1.165, 1.54) is 6.07 Å². The van der Waals surface area contributed by atoms with Crippen LogP contribution in [0.3, 0.4) is 0 Å². The van der Waals surface area contributed by atoms with Gasteiger partial charge < -0.3 is 15.5 Å². The second-order valence-electron chi connectivity index (χ2n) is 6.02. The Bertz CT molecular complexity index is 432. The van der Waals surface area contributed by atoms with E-state index < -0.39 is 17.7 Å². The molecule has 3 N–H and O–H groups in total. The van der Waals surface area contributed by atoms with Gasteiger partial charge in [0.2, 0.25) is 0 Å². The standard InChI is InChI=1S/C15H23F2NO2/c1-15(2,3)14(6-7-19)18-9-13(20)11-5-4-10(16)8-12(11)17/h4-5,8,13-14,18-20H,6-7,9H2,1-3H3. The van der Waals surface area contributed by atoms with Gasteiger partial charge in [-0.1, -0.05) is 26.8 Å². The van der Waals surface area contributed by atoms with Crippen LogP contribution in [-0.2, 0) is 0 Å². The number of aliphatic hydroxyl groups is 2. The minimum absolute atomic E-state index is 0.00865. The summed E-state index contributed by atoms with van der Waals surface area (Å²) in [6, 6.07) is 3.12. The molecule has 2 atom stereocenters. The fourth-order valence-corrected chi connectivity index (χ4v) is 2.11. The number of hydrogen-bond donors (Lipinski definition) is 3. The van der Waals surface area contributed by atoms with Crippen LogP contribution in [-0.4, -0.2) is 29.4 Å². The van der Waals surface area contributed by atoms with E-state index in [1.807, 2.05) is 20.8 Å². The topological polar surface area (TPSA) is 52.5 Å². The fourth-order valence-electron chi connectivity index (χ4n) is 2.11. The lowest BCUT2D eigenvalue weighted by Crippen LogP contribution is -2.42. The van der Waals surface area contributed by atoms with Crippen molar-refractivity contribution in [2.75, 3.05) is 13.2 Å². The molecule has 2 unspecified atom stereocenters. The van der Waals surface area contributed by atoms with Crippen molar-refractivity contribution in [2.45, 2.75) is 39.3 Å². The van der Waals surface area contributed by atoms with E-state index in [1.54, 1.807) is 0 Å². The first-order valence-corrected chi connectivity index (χ1v) is 6.73. The van der Waals surface area contributed by atoms with Crippen molar-refractivity contribution in [3.8, 4) is 0 Å². The molecule has 0 aliphatic rings. The maximum absolute atomic E-state index is 13.5. The third-order valence-electron chi connectivity index (χ3n) is 3.34. The number of nitrogens with one attached hydrogen (secondary N) is 1. The minimum atomic E-state index is -1.06. The third-order valence-corrected chi connectivity index (χ3v) is 3.34. The molecule has 5 heteroatoms. The van der Waals surface area contributed by atoms with Crippen LogP contribution in [0.1, 0.15) is 38.9 Å². The van der Waals surface area contributed by atoms with Gasteiger partial charge in [-0.25, -0.2) is 8.78 Å². The van der Waals surface area contributed by atoms with Crippen LogP contribution in [0.25, 0.3) is 0 Å². The zero-order valence-corrected chi connectivity index (χ0v) is 12.2. The van der Waals surface area contributed by atoms with Gasteiger partial charge >= 0.3 is 0 Å². The normalized spacial score (nSPS) is 15.2. The average Bonchev–Trinajstić information content (AvgIpc) is 2.32. The first-order chi connectivity index (χ1) is 9.25. The van der Waals surface area contributed by atoms with Crippen molar-refractivity contribution in [3.63, 3.8) is 0 Å². The number of aliphatic hydroxyl groups excluding tert-OH is 2. The molecule has 3 nitrogen and oxygen atoms in total. The number of benzene rings is 1. The summed E-state index contributed by atoms with van der Waals surface area (Å²) in [6.45, 7) is 6.24. The Kier molecular flexibility index (Phi) is 6.05. The number of rotatable bonds is 6. The van der Waals surface area contributed by atoms with Gasteiger partial charge in [0.25, 0.3) is 0 Å². The highest BCUT2D eigenvalue weighted by Crippen LogP contribution is 2.23. The van der Waals surface area contributed by atoms with Gasteiger partial charge in [0, 0.05) is 30.8 Å². The second kappa shape index (κ2) is 7.11. The predicted molar refractivity (Wildman–Crippen MR) is 74.3 cm³/mol. The lowest BCUT2D eigenvalue weighted by Gasteiger charge is -2.32. The minimum Gasteiger partial charge on any atom is -0.396 e. The van der Waals surface area contributed by atoms with Crippen LogP contribution in [0.15, 0.2) is 18.2 Å². The third kappa shape index (κ3) is 4.81. The average molecular weight is 287 g/mol. The molecule has 1 aromatic rings. The summed E-state index contributed by atoms with van der Waals surface area (Å²) in [6.07, 6.45) is -0.513. The fraction of sp³-hybridized carbons (Fsp3) is 0.600. The molecular formula is C15H23F2NO2. The molecule has 0 radical (unpaired) electrons. The van der Waals surface area contributed by atoms with Crippen molar-refractivity contribution >= 4 is 0 Å². The largest absolute Gasteiger partial charge is 0.396 e. The smallest absolute Gasteiger partial charge is 0.131 e. The van der Waals surface area contributed by atoms with E-state index >= 15 is 0 Å². The molecule has 0 saturated carbocycles. The van der Waals surface area contributed by atoms with E-state index in [4.69, 9.17) is 5.11 Å². The monoisotopic (exact) mass is 287 g/mol. The lowest BCUT2D eigenvalue weighted by molar-refractivity contribution is 0.139. The van der Waals surface area contributed by atoms with Crippen LogP contribution in [0.5, 0.6) is 0 Å². The molecule has 0 spiro atoms. The Hall–Kier alpha value is -1.04. The Morgan fingerprint density at radius 3 is 2.40 bits per heavy atom. The molecule has 0 aromatic heterocycles. The van der Waals surface area contributed by atoms with Crippen LogP contribution >= 0.6 is 0 Å². The quantitative estimate of drug-likeness (QED) is 0.753. The number of hydrogen-bond acceptors (Lipinski definition) is 3. The van der Waals surface area contributed by atoms with Crippen LogP contribution in [0, 0.1) is 17.0 Å². The summed E-state index contributed by atoms with van der Waals surface area (Å²) in [5.41, 5.74) is -0.0281. The van der Waals surface area contributed by atoms with Gasteiger partial charge in [-0.15, -0.1) is 0 Å². The Morgan fingerprint density at radius 2 is 1.90 bits per heavy atom. The van der Waals surface area contributed by atoms with Crippen LogP contribution < -0.4 is 5.32 Å². The van der Waals surface area contributed by atoms with Crippen molar-refractivity contribution < 1.29 is 19.0 Å². The van der Waals surface area contributed by atoms with Crippen molar-refractivity contribution in [1.29, 1.82) is 0 Å². The second-order valence-corrected chi connectivity index (χ2v) is 6.02. The number of halogens is 2. The molecule has 1 aromatic carbocycles. The predicted octanol–water partition coefficient (Wildman–Crippen LogP) is 2.38. The highest BCUT2D eigenvalue weighted by atomic mass is 19.1. The highest BCUT2D eigenvalue weighted by molar-refractivity contribution is 5.21. The van der Waals surface area contributed by atoms with Crippen LogP contribution in [0.2, 0.25) is 0 Å². The maximum atomic E-state index is 13.5. The molecule has 0 amide bonds. The van der Waals surface area contributed by atoms with Crippen molar-refractivity contribution in [2.24, 2.45) is 5.41 Å². The zero-order chi connectivity index (χ0) is 15.3. The van der Waals surface area contributed by atoms with Gasteiger partial charge in [-0.2, -0.15) is 0 Å². The van der Waals surface area contributed by atoms with E-state index in [0.29, 0.717) is 6.42 Å². The Balaban J connectivity index is 2.67. The summed E-state index contributed by atoms with van der Waals surface area (Å²) in [5.74, 6) is -1.42. The van der Waals surface area contributed by atoms with Gasteiger partial charge in [0.05, 0.1) is 6.10 Å². The van der Waals surface area contributed by atoms with Gasteiger partial charge in [-0.05, 0) is 17.9 Å². The van der Waals surface area contributed by atoms with Crippen molar-refractivity contribution in [1.82, 2.24) is 5.32 Å². The molecule has 0 bridgehead atoms. The SMILES string of the molecule is CC(C)(C)C(CCO)NCC(O)c1ccc(F)cc1F. The van der Waals surface area contributed by atoms with E-state index in [9.17, 15) is 13.9 Å². The molecule has 20 heavy (non-hydrogen) atoms.